The van der Waals surface area contributed by atoms with E-state index in [-0.39, 0.29) is 0 Å². The van der Waals surface area contributed by atoms with Crippen LogP contribution in [0.1, 0.15) is 5.56 Å². The molecule has 0 saturated heterocycles. The molecule has 5 nitrogen and oxygen atoms in total. The van der Waals surface area contributed by atoms with E-state index in [0.717, 1.165) is 16.5 Å². The van der Waals surface area contributed by atoms with Gasteiger partial charge in [-0.15, -0.1) is 0 Å². The average molecular weight is 309 g/mol. The molecule has 0 fully saturated rings. The van der Waals surface area contributed by atoms with Gasteiger partial charge >= 0.3 is 0 Å². The second-order valence-electron chi connectivity index (χ2n) is 4.16. The molecule has 0 aliphatic carbocycles. The lowest BCUT2D eigenvalue weighted by Crippen LogP contribution is -2.04. The van der Waals surface area contributed by atoms with Gasteiger partial charge in [-0.05, 0) is 12.1 Å². The largest absolute Gasteiger partial charge is 0.354 e. The SMILES string of the molecule is Clc1cnc2c(COCn3cncn3)c(Cl)ccc2c1. The van der Waals surface area contributed by atoms with E-state index < -0.39 is 0 Å². The molecule has 0 radical (unpaired) electrons. The average Bonchev–Trinajstić information content (AvgIpc) is 2.94. The van der Waals surface area contributed by atoms with Gasteiger partial charge in [0, 0.05) is 22.2 Å². The first-order chi connectivity index (χ1) is 9.74. The molecule has 2 aromatic heterocycles. The van der Waals surface area contributed by atoms with Crippen molar-refractivity contribution in [1.82, 2.24) is 19.7 Å². The van der Waals surface area contributed by atoms with Crippen LogP contribution in [0.4, 0.5) is 0 Å². The fourth-order valence-corrected chi connectivity index (χ4v) is 2.26. The van der Waals surface area contributed by atoms with Crippen LogP contribution in [0.2, 0.25) is 10.0 Å². The predicted octanol–water partition coefficient (Wildman–Crippen LogP) is 3.31. The number of halogens is 2. The Bertz CT molecular complexity index is 731. The van der Waals surface area contributed by atoms with Gasteiger partial charge in [-0.2, -0.15) is 5.10 Å². The summed E-state index contributed by atoms with van der Waals surface area (Å²) >= 11 is 12.2. The van der Waals surface area contributed by atoms with E-state index in [9.17, 15) is 0 Å². The van der Waals surface area contributed by atoms with Crippen molar-refractivity contribution in [3.63, 3.8) is 0 Å². The van der Waals surface area contributed by atoms with Gasteiger partial charge in [0.15, 0.2) is 0 Å². The normalized spacial score (nSPS) is 11.1. The summed E-state index contributed by atoms with van der Waals surface area (Å²) in [6.45, 7) is 0.644. The molecular weight excluding hydrogens is 299 g/mol. The number of benzene rings is 1. The molecule has 0 spiro atoms. The first-order valence-corrected chi connectivity index (χ1v) is 6.62. The van der Waals surface area contributed by atoms with Gasteiger partial charge in [-0.25, -0.2) is 9.67 Å². The summed E-state index contributed by atoms with van der Waals surface area (Å²) in [5.74, 6) is 0. The third kappa shape index (κ3) is 2.75. The molecule has 0 amide bonds. The van der Waals surface area contributed by atoms with Crippen LogP contribution in [0.3, 0.4) is 0 Å². The zero-order chi connectivity index (χ0) is 13.9. The van der Waals surface area contributed by atoms with Crippen molar-refractivity contribution in [3.05, 3.63) is 52.7 Å². The van der Waals surface area contributed by atoms with E-state index in [1.165, 1.54) is 6.33 Å². The van der Waals surface area contributed by atoms with Crippen molar-refractivity contribution in [2.24, 2.45) is 0 Å². The molecule has 3 rings (SSSR count). The predicted molar refractivity (Wildman–Crippen MR) is 76.6 cm³/mol. The van der Waals surface area contributed by atoms with Crippen molar-refractivity contribution >= 4 is 34.1 Å². The summed E-state index contributed by atoms with van der Waals surface area (Å²) in [5, 5.41) is 6.10. The van der Waals surface area contributed by atoms with Crippen LogP contribution in [-0.4, -0.2) is 19.7 Å². The summed E-state index contributed by atoms with van der Waals surface area (Å²) in [7, 11) is 0. The van der Waals surface area contributed by atoms with Crippen LogP contribution in [0.15, 0.2) is 37.1 Å². The first-order valence-electron chi connectivity index (χ1n) is 5.87. The quantitative estimate of drug-likeness (QED) is 0.742. The Morgan fingerprint density at radius 3 is 2.95 bits per heavy atom. The first kappa shape index (κ1) is 13.3. The fraction of sp³-hybridized carbons (Fsp3) is 0.154. The van der Waals surface area contributed by atoms with Crippen molar-refractivity contribution in [3.8, 4) is 0 Å². The number of hydrogen-bond acceptors (Lipinski definition) is 4. The monoisotopic (exact) mass is 308 g/mol. The minimum absolute atomic E-state index is 0.306. The standard InChI is InChI=1S/C13H10Cl2N4O/c14-10-3-9-1-2-12(15)11(13(9)17-4-10)5-20-8-19-7-16-6-18-19/h1-4,6-7H,5,8H2. The number of ether oxygens (including phenoxy) is 1. The summed E-state index contributed by atoms with van der Waals surface area (Å²) < 4.78 is 7.17. The van der Waals surface area contributed by atoms with Gasteiger partial charge in [0.05, 0.1) is 17.1 Å². The van der Waals surface area contributed by atoms with Gasteiger partial charge in [0.25, 0.3) is 0 Å². The molecule has 0 bridgehead atoms. The maximum Gasteiger partial charge on any atom is 0.141 e. The Kier molecular flexibility index (Phi) is 3.82. The Morgan fingerprint density at radius 1 is 1.25 bits per heavy atom. The molecule has 0 N–H and O–H groups in total. The lowest BCUT2D eigenvalue weighted by Gasteiger charge is -2.09. The number of pyridine rings is 1. The Balaban J connectivity index is 1.84. The number of aromatic nitrogens is 4. The molecule has 1 aromatic carbocycles. The topological polar surface area (TPSA) is 52.8 Å². The molecule has 0 aliphatic heterocycles. The van der Waals surface area contributed by atoms with Crippen LogP contribution in [-0.2, 0) is 18.1 Å². The summed E-state index contributed by atoms with van der Waals surface area (Å²) in [5.41, 5.74) is 1.63. The van der Waals surface area contributed by atoms with E-state index in [4.69, 9.17) is 27.9 Å². The molecule has 3 aromatic rings. The molecule has 102 valence electrons. The lowest BCUT2D eigenvalue weighted by atomic mass is 10.1. The van der Waals surface area contributed by atoms with Crippen LogP contribution >= 0.6 is 23.2 Å². The molecule has 0 saturated carbocycles. The summed E-state index contributed by atoms with van der Waals surface area (Å²) in [6.07, 6.45) is 4.64. The third-order valence-electron chi connectivity index (χ3n) is 2.80. The zero-order valence-electron chi connectivity index (χ0n) is 10.3. The Labute approximate surface area is 125 Å². The van der Waals surface area contributed by atoms with E-state index in [1.54, 1.807) is 17.2 Å². The Morgan fingerprint density at radius 2 is 2.15 bits per heavy atom. The van der Waals surface area contributed by atoms with Gasteiger partial charge < -0.3 is 4.74 Å². The molecule has 7 heteroatoms. The summed E-state index contributed by atoms with van der Waals surface area (Å²) in [6, 6.07) is 5.55. The molecule has 0 unspecified atom stereocenters. The van der Waals surface area contributed by atoms with Crippen LogP contribution in [0, 0.1) is 0 Å². The number of fused-ring (bicyclic) bond motifs is 1. The minimum atomic E-state index is 0.306. The second kappa shape index (κ2) is 5.75. The van der Waals surface area contributed by atoms with Crippen molar-refractivity contribution in [2.45, 2.75) is 13.3 Å². The lowest BCUT2D eigenvalue weighted by molar-refractivity contribution is 0.0565. The van der Waals surface area contributed by atoms with Crippen molar-refractivity contribution in [1.29, 1.82) is 0 Å². The highest BCUT2D eigenvalue weighted by atomic mass is 35.5. The number of rotatable bonds is 4. The van der Waals surface area contributed by atoms with E-state index in [0.29, 0.717) is 23.4 Å². The third-order valence-corrected chi connectivity index (χ3v) is 3.36. The molecule has 0 aliphatic rings. The molecule has 2 heterocycles. The van der Waals surface area contributed by atoms with Gasteiger partial charge in [-0.3, -0.25) is 4.98 Å². The van der Waals surface area contributed by atoms with E-state index >= 15 is 0 Å². The van der Waals surface area contributed by atoms with E-state index in [2.05, 4.69) is 15.1 Å². The van der Waals surface area contributed by atoms with Gasteiger partial charge in [0.2, 0.25) is 0 Å². The molecule has 20 heavy (non-hydrogen) atoms. The van der Waals surface area contributed by atoms with Crippen molar-refractivity contribution in [2.75, 3.05) is 0 Å². The zero-order valence-corrected chi connectivity index (χ0v) is 11.8. The smallest absolute Gasteiger partial charge is 0.141 e. The van der Waals surface area contributed by atoms with Gasteiger partial charge in [0.1, 0.15) is 19.4 Å². The summed E-state index contributed by atoms with van der Waals surface area (Å²) in [4.78, 5) is 8.17. The fourth-order valence-electron chi connectivity index (χ4n) is 1.89. The highest BCUT2D eigenvalue weighted by molar-refractivity contribution is 6.33. The van der Waals surface area contributed by atoms with Gasteiger partial charge in [-0.1, -0.05) is 29.3 Å². The molecule has 0 atom stereocenters. The number of nitrogens with zero attached hydrogens (tertiary/aromatic N) is 4. The highest BCUT2D eigenvalue weighted by Gasteiger charge is 2.08. The molecular formula is C13H10Cl2N4O. The minimum Gasteiger partial charge on any atom is -0.354 e. The maximum absolute atomic E-state index is 6.22. The van der Waals surface area contributed by atoms with Crippen molar-refractivity contribution < 1.29 is 4.74 Å². The van der Waals surface area contributed by atoms with E-state index in [1.807, 2.05) is 18.2 Å². The maximum atomic E-state index is 6.22. The van der Waals surface area contributed by atoms with Crippen LogP contribution in [0.5, 0.6) is 0 Å². The van der Waals surface area contributed by atoms with Crippen LogP contribution in [0.25, 0.3) is 10.9 Å². The second-order valence-corrected chi connectivity index (χ2v) is 5.01. The Hall–Kier alpha value is -1.69. The highest BCUT2D eigenvalue weighted by Crippen LogP contribution is 2.27. The van der Waals surface area contributed by atoms with Crippen LogP contribution < -0.4 is 0 Å². The number of hydrogen-bond donors (Lipinski definition) is 0.